The molecule has 3 nitrogen and oxygen atoms in total. The molecular formula is C18H25NO2. The molecule has 0 aromatic rings. The molecule has 0 bridgehead atoms. The van der Waals surface area contributed by atoms with Crippen LogP contribution in [0.4, 0.5) is 0 Å². The summed E-state index contributed by atoms with van der Waals surface area (Å²) in [7, 11) is 0. The fraction of sp³-hybridized carbons (Fsp3) is 0.667. The second-order valence-corrected chi connectivity index (χ2v) is 7.18. The second kappa shape index (κ2) is 4.82. The monoisotopic (exact) mass is 287 g/mol. The van der Waals surface area contributed by atoms with Crippen LogP contribution in [0.1, 0.15) is 33.1 Å². The van der Waals surface area contributed by atoms with E-state index in [1.54, 1.807) is 13.0 Å². The van der Waals surface area contributed by atoms with E-state index in [0.717, 1.165) is 25.8 Å². The molecule has 3 unspecified atom stereocenters. The lowest BCUT2D eigenvalue weighted by Gasteiger charge is -2.50. The van der Waals surface area contributed by atoms with E-state index in [2.05, 4.69) is 20.1 Å². The van der Waals surface area contributed by atoms with Crippen molar-refractivity contribution in [2.24, 2.45) is 29.1 Å². The van der Waals surface area contributed by atoms with Gasteiger partial charge < -0.3 is 4.90 Å². The number of carbonyl (C=O) groups excluding carboxylic acids is 2. The quantitative estimate of drug-likeness (QED) is 0.729. The van der Waals surface area contributed by atoms with Gasteiger partial charge in [-0.2, -0.15) is 0 Å². The van der Waals surface area contributed by atoms with E-state index in [1.165, 1.54) is 0 Å². The summed E-state index contributed by atoms with van der Waals surface area (Å²) in [5.74, 6) is 1.39. The van der Waals surface area contributed by atoms with Crippen molar-refractivity contribution in [1.29, 1.82) is 0 Å². The number of rotatable bonds is 5. The Labute approximate surface area is 127 Å². The molecule has 0 aromatic heterocycles. The Morgan fingerprint density at radius 3 is 2.52 bits per heavy atom. The standard InChI is InChI=1S/C18H25NO2/c1-5-15(18(6-2)8-7-11(18)3)17(21)19-10-13-9-14(13)16(19)12(4)20/h5-6,11,13-16H,1-2,7-10H2,3-4H3/t11?,13-,14?,15+,16+,18?/m0/s1. The van der Waals surface area contributed by atoms with Gasteiger partial charge in [-0.1, -0.05) is 19.1 Å². The van der Waals surface area contributed by atoms with Gasteiger partial charge in [0.2, 0.25) is 5.91 Å². The highest BCUT2D eigenvalue weighted by atomic mass is 16.2. The molecule has 1 aliphatic heterocycles. The minimum absolute atomic E-state index is 0.0869. The maximum atomic E-state index is 13.1. The lowest BCUT2D eigenvalue weighted by Crippen LogP contribution is -2.52. The average Bonchev–Trinajstić information content (AvgIpc) is 3.11. The number of ketones is 1. The summed E-state index contributed by atoms with van der Waals surface area (Å²) in [6, 6.07) is -0.192. The van der Waals surface area contributed by atoms with Crippen molar-refractivity contribution in [3.63, 3.8) is 0 Å². The van der Waals surface area contributed by atoms with E-state index in [-0.39, 0.29) is 29.1 Å². The van der Waals surface area contributed by atoms with Gasteiger partial charge in [-0.25, -0.2) is 0 Å². The lowest BCUT2D eigenvalue weighted by atomic mass is 9.54. The smallest absolute Gasteiger partial charge is 0.231 e. The molecule has 6 atom stereocenters. The molecule has 0 N–H and O–H groups in total. The van der Waals surface area contributed by atoms with Crippen LogP contribution in [-0.2, 0) is 9.59 Å². The number of carbonyl (C=O) groups is 2. The summed E-state index contributed by atoms with van der Waals surface area (Å²) in [5, 5.41) is 0. The zero-order valence-corrected chi connectivity index (χ0v) is 13.0. The molecule has 3 aliphatic rings. The summed E-state index contributed by atoms with van der Waals surface area (Å²) < 4.78 is 0. The van der Waals surface area contributed by atoms with Crippen LogP contribution in [0.15, 0.2) is 25.3 Å². The maximum absolute atomic E-state index is 13.1. The number of fused-ring (bicyclic) bond motifs is 1. The minimum atomic E-state index is -0.238. The third-order valence-corrected chi connectivity index (χ3v) is 6.24. The minimum Gasteiger partial charge on any atom is -0.332 e. The van der Waals surface area contributed by atoms with Gasteiger partial charge in [0, 0.05) is 12.0 Å². The molecule has 2 aliphatic carbocycles. The van der Waals surface area contributed by atoms with E-state index in [0.29, 0.717) is 17.8 Å². The van der Waals surface area contributed by atoms with Gasteiger partial charge >= 0.3 is 0 Å². The topological polar surface area (TPSA) is 37.4 Å². The van der Waals surface area contributed by atoms with E-state index < -0.39 is 0 Å². The van der Waals surface area contributed by atoms with Gasteiger partial charge in [0.15, 0.2) is 5.78 Å². The number of hydrogen-bond acceptors (Lipinski definition) is 2. The normalized spacial score (nSPS) is 41.7. The van der Waals surface area contributed by atoms with E-state index in [1.807, 2.05) is 11.0 Å². The molecule has 0 spiro atoms. The van der Waals surface area contributed by atoms with Crippen LogP contribution in [0.25, 0.3) is 0 Å². The van der Waals surface area contributed by atoms with Gasteiger partial charge in [-0.05, 0) is 43.9 Å². The van der Waals surface area contributed by atoms with E-state index in [9.17, 15) is 9.59 Å². The average molecular weight is 287 g/mol. The number of nitrogens with zero attached hydrogens (tertiary/aromatic N) is 1. The fourth-order valence-electron chi connectivity index (χ4n) is 4.60. The third-order valence-electron chi connectivity index (χ3n) is 6.24. The molecule has 3 heteroatoms. The highest BCUT2D eigenvalue weighted by Gasteiger charge is 2.58. The Kier molecular flexibility index (Phi) is 3.34. The van der Waals surface area contributed by atoms with Crippen molar-refractivity contribution in [3.8, 4) is 0 Å². The number of likely N-dealkylation sites (tertiary alicyclic amines) is 1. The van der Waals surface area contributed by atoms with Gasteiger partial charge in [-0.15, -0.1) is 13.2 Å². The van der Waals surface area contributed by atoms with Crippen LogP contribution in [0.5, 0.6) is 0 Å². The van der Waals surface area contributed by atoms with Crippen molar-refractivity contribution in [2.45, 2.75) is 39.2 Å². The Balaban J connectivity index is 1.84. The third kappa shape index (κ3) is 1.93. The summed E-state index contributed by atoms with van der Waals surface area (Å²) in [5.41, 5.74) is -0.160. The summed E-state index contributed by atoms with van der Waals surface area (Å²) in [6.45, 7) is 12.4. The van der Waals surface area contributed by atoms with Crippen LogP contribution >= 0.6 is 0 Å². The van der Waals surface area contributed by atoms with Gasteiger partial charge in [0.25, 0.3) is 0 Å². The first-order chi connectivity index (χ1) is 9.96. The zero-order chi connectivity index (χ0) is 15.4. The molecule has 3 rings (SSSR count). The number of hydrogen-bond donors (Lipinski definition) is 0. The SMILES string of the molecule is C=C[C@H](C(=O)N1C[C@@H]2CC2[C@H]1C(C)=O)C1(C=C)CCC1C. The molecule has 21 heavy (non-hydrogen) atoms. The Bertz CT molecular complexity index is 511. The molecule has 1 heterocycles. The first-order valence-corrected chi connectivity index (χ1v) is 8.03. The number of allylic oxidation sites excluding steroid dienone is 1. The Morgan fingerprint density at radius 1 is 1.38 bits per heavy atom. The molecule has 3 fully saturated rings. The number of amides is 1. The van der Waals surface area contributed by atoms with Gasteiger partial charge in [-0.3, -0.25) is 9.59 Å². The van der Waals surface area contributed by atoms with Crippen LogP contribution in [0.2, 0.25) is 0 Å². The van der Waals surface area contributed by atoms with Crippen molar-refractivity contribution >= 4 is 11.7 Å². The largest absolute Gasteiger partial charge is 0.332 e. The number of piperidine rings is 1. The summed E-state index contributed by atoms with van der Waals surface area (Å²) in [6.07, 6.45) is 6.96. The lowest BCUT2D eigenvalue weighted by molar-refractivity contribution is -0.145. The molecular weight excluding hydrogens is 262 g/mol. The highest BCUT2D eigenvalue weighted by molar-refractivity contribution is 5.91. The predicted molar refractivity (Wildman–Crippen MR) is 82.5 cm³/mol. The second-order valence-electron chi connectivity index (χ2n) is 7.18. The maximum Gasteiger partial charge on any atom is 0.231 e. The summed E-state index contributed by atoms with van der Waals surface area (Å²) in [4.78, 5) is 26.8. The molecule has 0 aromatic carbocycles. The highest BCUT2D eigenvalue weighted by Crippen LogP contribution is 2.55. The fourth-order valence-corrected chi connectivity index (χ4v) is 4.60. The van der Waals surface area contributed by atoms with E-state index >= 15 is 0 Å². The Hall–Kier alpha value is -1.38. The number of Topliss-reactive ketones (excluding diaryl/α,β-unsaturated/α-hetero) is 1. The Morgan fingerprint density at radius 2 is 2.10 bits per heavy atom. The van der Waals surface area contributed by atoms with Gasteiger partial charge in [0.05, 0.1) is 12.0 Å². The zero-order valence-electron chi connectivity index (χ0n) is 13.0. The molecule has 1 saturated heterocycles. The van der Waals surface area contributed by atoms with Crippen molar-refractivity contribution in [1.82, 2.24) is 4.90 Å². The molecule has 114 valence electrons. The molecule has 1 amide bonds. The van der Waals surface area contributed by atoms with Crippen molar-refractivity contribution in [2.75, 3.05) is 6.54 Å². The van der Waals surface area contributed by atoms with Gasteiger partial charge in [0.1, 0.15) is 0 Å². The first kappa shape index (κ1) is 14.6. The van der Waals surface area contributed by atoms with Crippen molar-refractivity contribution < 1.29 is 9.59 Å². The van der Waals surface area contributed by atoms with Crippen LogP contribution in [0, 0.1) is 29.1 Å². The van der Waals surface area contributed by atoms with Crippen LogP contribution in [-0.4, -0.2) is 29.2 Å². The van der Waals surface area contributed by atoms with E-state index in [4.69, 9.17) is 0 Å². The summed E-state index contributed by atoms with van der Waals surface area (Å²) >= 11 is 0. The molecule has 0 radical (unpaired) electrons. The van der Waals surface area contributed by atoms with Crippen LogP contribution in [0.3, 0.4) is 0 Å². The first-order valence-electron chi connectivity index (χ1n) is 8.03. The van der Waals surface area contributed by atoms with Crippen molar-refractivity contribution in [3.05, 3.63) is 25.3 Å². The predicted octanol–water partition coefficient (Wildman–Crippen LogP) is 2.83. The van der Waals surface area contributed by atoms with Crippen LogP contribution < -0.4 is 0 Å². The molecule has 2 saturated carbocycles.